The molecule has 0 saturated carbocycles. The second-order valence-electron chi connectivity index (χ2n) is 3.25. The minimum atomic E-state index is 0.107. The van der Waals surface area contributed by atoms with Crippen LogP contribution in [0.15, 0.2) is 16.6 Å². The van der Waals surface area contributed by atoms with Crippen molar-refractivity contribution in [2.75, 3.05) is 5.73 Å². The number of hydrogen-bond donors (Lipinski definition) is 2. The smallest absolute Gasteiger partial charge is 0.0488 e. The molecule has 2 nitrogen and oxygen atoms in total. The quantitative estimate of drug-likeness (QED) is 0.784. The number of rotatable bonds is 2. The predicted octanol–water partition coefficient (Wildman–Crippen LogP) is 2.75. The van der Waals surface area contributed by atoms with Gasteiger partial charge in [-0.3, -0.25) is 0 Å². The molecule has 13 heavy (non-hydrogen) atoms. The van der Waals surface area contributed by atoms with E-state index in [1.54, 1.807) is 0 Å². The van der Waals surface area contributed by atoms with Crippen LogP contribution in [0.3, 0.4) is 0 Å². The van der Waals surface area contributed by atoms with Crippen molar-refractivity contribution in [1.29, 1.82) is 0 Å². The van der Waals surface area contributed by atoms with E-state index >= 15 is 0 Å². The maximum absolute atomic E-state index is 5.92. The number of aryl methyl sites for hydroxylation is 1. The van der Waals surface area contributed by atoms with Crippen LogP contribution in [0.2, 0.25) is 0 Å². The summed E-state index contributed by atoms with van der Waals surface area (Å²) in [6.07, 6.45) is 0.940. The molecule has 3 heteroatoms. The van der Waals surface area contributed by atoms with E-state index in [-0.39, 0.29) is 6.04 Å². The van der Waals surface area contributed by atoms with Gasteiger partial charge in [0.1, 0.15) is 0 Å². The summed E-state index contributed by atoms with van der Waals surface area (Å²) < 4.78 is 0.936. The molecule has 0 amide bonds. The van der Waals surface area contributed by atoms with E-state index in [4.69, 9.17) is 11.5 Å². The molecule has 1 aromatic rings. The Hall–Kier alpha value is -0.540. The van der Waals surface area contributed by atoms with Crippen LogP contribution in [0, 0.1) is 6.92 Å². The van der Waals surface area contributed by atoms with Crippen LogP contribution in [-0.2, 0) is 0 Å². The summed E-state index contributed by atoms with van der Waals surface area (Å²) >= 11 is 3.41. The zero-order valence-electron chi connectivity index (χ0n) is 7.97. The number of nitrogen functional groups attached to an aromatic ring is 1. The molecule has 4 N–H and O–H groups in total. The molecular weight excluding hydrogens is 228 g/mol. The Bertz CT molecular complexity index is 287. The molecule has 1 aromatic carbocycles. The van der Waals surface area contributed by atoms with Gasteiger partial charge in [0.25, 0.3) is 0 Å². The second kappa shape index (κ2) is 4.11. The number of halogens is 1. The lowest BCUT2D eigenvalue weighted by Crippen LogP contribution is -2.09. The first-order valence-corrected chi connectivity index (χ1v) is 5.16. The van der Waals surface area contributed by atoms with Crippen molar-refractivity contribution in [3.8, 4) is 0 Å². The summed E-state index contributed by atoms with van der Waals surface area (Å²) in [5.41, 5.74) is 14.7. The molecule has 0 bridgehead atoms. The van der Waals surface area contributed by atoms with Crippen molar-refractivity contribution in [3.05, 3.63) is 27.7 Å². The molecule has 0 saturated heterocycles. The van der Waals surface area contributed by atoms with Crippen molar-refractivity contribution < 1.29 is 0 Å². The largest absolute Gasteiger partial charge is 0.398 e. The average Bonchev–Trinajstić information content (AvgIpc) is 2.12. The Balaban J connectivity index is 3.13. The molecule has 1 atom stereocenters. The molecule has 0 aliphatic carbocycles. The zero-order chi connectivity index (χ0) is 10.0. The molecule has 0 aliphatic rings. The first-order chi connectivity index (χ1) is 6.06. The highest BCUT2D eigenvalue weighted by Gasteiger charge is 2.07. The van der Waals surface area contributed by atoms with Crippen LogP contribution in [0.25, 0.3) is 0 Å². The van der Waals surface area contributed by atoms with E-state index in [2.05, 4.69) is 22.9 Å². The lowest BCUT2D eigenvalue weighted by atomic mass is 10.0. The van der Waals surface area contributed by atoms with Crippen LogP contribution >= 0.6 is 15.9 Å². The van der Waals surface area contributed by atoms with Gasteiger partial charge in [-0.25, -0.2) is 0 Å². The standard InChI is InChI=1S/C10H15BrN2/c1-3-9(12)7-4-6(2)10(13)8(11)5-7/h4-5,9H,3,12-13H2,1-2H3/t9-/m1/s1. The maximum Gasteiger partial charge on any atom is 0.0488 e. The number of benzene rings is 1. The fraction of sp³-hybridized carbons (Fsp3) is 0.400. The second-order valence-corrected chi connectivity index (χ2v) is 4.10. The molecule has 0 unspecified atom stereocenters. The van der Waals surface area contributed by atoms with Gasteiger partial charge in [0.05, 0.1) is 0 Å². The fourth-order valence-electron chi connectivity index (χ4n) is 1.23. The van der Waals surface area contributed by atoms with Crippen molar-refractivity contribution in [1.82, 2.24) is 0 Å². The average molecular weight is 243 g/mol. The molecule has 0 aromatic heterocycles. The van der Waals surface area contributed by atoms with Crippen LogP contribution in [0.4, 0.5) is 5.69 Å². The molecule has 1 rings (SSSR count). The van der Waals surface area contributed by atoms with Gasteiger partial charge in [-0.15, -0.1) is 0 Å². The first kappa shape index (κ1) is 10.5. The van der Waals surface area contributed by atoms with Gasteiger partial charge in [-0.1, -0.05) is 13.0 Å². The molecule has 0 radical (unpaired) electrons. The van der Waals surface area contributed by atoms with E-state index in [0.717, 1.165) is 27.7 Å². The highest BCUT2D eigenvalue weighted by Crippen LogP contribution is 2.27. The van der Waals surface area contributed by atoms with Gasteiger partial charge in [0, 0.05) is 16.2 Å². The van der Waals surface area contributed by atoms with Gasteiger partial charge >= 0.3 is 0 Å². The minimum absolute atomic E-state index is 0.107. The summed E-state index contributed by atoms with van der Waals surface area (Å²) in [5, 5.41) is 0. The molecule has 0 fully saturated rings. The highest BCUT2D eigenvalue weighted by molar-refractivity contribution is 9.10. The zero-order valence-corrected chi connectivity index (χ0v) is 9.56. The van der Waals surface area contributed by atoms with E-state index in [9.17, 15) is 0 Å². The molecular formula is C10H15BrN2. The van der Waals surface area contributed by atoms with Gasteiger partial charge in [-0.2, -0.15) is 0 Å². The Morgan fingerprint density at radius 2 is 2.08 bits per heavy atom. The van der Waals surface area contributed by atoms with Gasteiger partial charge in [0.15, 0.2) is 0 Å². The predicted molar refractivity (Wildman–Crippen MR) is 60.5 cm³/mol. The minimum Gasteiger partial charge on any atom is -0.398 e. The topological polar surface area (TPSA) is 52.0 Å². The third-order valence-electron chi connectivity index (χ3n) is 2.23. The Kier molecular flexibility index (Phi) is 3.33. The van der Waals surface area contributed by atoms with Crippen LogP contribution in [-0.4, -0.2) is 0 Å². The van der Waals surface area contributed by atoms with E-state index in [1.807, 2.05) is 19.1 Å². The van der Waals surface area contributed by atoms with Gasteiger partial charge in [0.2, 0.25) is 0 Å². The Labute approximate surface area is 87.4 Å². The fourth-order valence-corrected chi connectivity index (χ4v) is 1.81. The summed E-state index contributed by atoms with van der Waals surface area (Å²) in [5.74, 6) is 0. The third kappa shape index (κ3) is 2.23. The summed E-state index contributed by atoms with van der Waals surface area (Å²) in [6.45, 7) is 4.07. The number of nitrogens with two attached hydrogens (primary N) is 2. The molecule has 72 valence electrons. The SMILES string of the molecule is CC[C@@H](N)c1cc(C)c(N)c(Br)c1. The first-order valence-electron chi connectivity index (χ1n) is 4.37. The number of anilines is 1. The van der Waals surface area contributed by atoms with Gasteiger partial charge < -0.3 is 11.5 Å². The van der Waals surface area contributed by atoms with Crippen LogP contribution < -0.4 is 11.5 Å². The van der Waals surface area contributed by atoms with Crippen molar-refractivity contribution in [3.63, 3.8) is 0 Å². The van der Waals surface area contributed by atoms with Crippen molar-refractivity contribution in [2.45, 2.75) is 26.3 Å². The maximum atomic E-state index is 5.92. The van der Waals surface area contributed by atoms with Crippen molar-refractivity contribution in [2.24, 2.45) is 5.73 Å². The van der Waals surface area contributed by atoms with Crippen LogP contribution in [0.1, 0.15) is 30.5 Å². The van der Waals surface area contributed by atoms with Gasteiger partial charge in [-0.05, 0) is 46.5 Å². The monoisotopic (exact) mass is 242 g/mol. The van der Waals surface area contributed by atoms with Crippen LogP contribution in [0.5, 0.6) is 0 Å². The molecule has 0 aliphatic heterocycles. The van der Waals surface area contributed by atoms with E-state index in [1.165, 1.54) is 0 Å². The van der Waals surface area contributed by atoms with E-state index < -0.39 is 0 Å². The third-order valence-corrected chi connectivity index (χ3v) is 2.88. The van der Waals surface area contributed by atoms with Crippen molar-refractivity contribution >= 4 is 21.6 Å². The Morgan fingerprint density at radius 3 is 2.54 bits per heavy atom. The molecule has 0 heterocycles. The lowest BCUT2D eigenvalue weighted by Gasteiger charge is -2.12. The van der Waals surface area contributed by atoms with E-state index in [0.29, 0.717) is 0 Å². The summed E-state index contributed by atoms with van der Waals surface area (Å²) in [7, 11) is 0. The lowest BCUT2D eigenvalue weighted by molar-refractivity contribution is 0.698. The summed E-state index contributed by atoms with van der Waals surface area (Å²) in [6, 6.07) is 4.15. The highest BCUT2D eigenvalue weighted by atomic mass is 79.9. The normalized spacial score (nSPS) is 12.9. The Morgan fingerprint density at radius 1 is 1.46 bits per heavy atom. The molecule has 0 spiro atoms. The number of hydrogen-bond acceptors (Lipinski definition) is 2. The summed E-state index contributed by atoms with van der Waals surface area (Å²) in [4.78, 5) is 0.